The lowest BCUT2D eigenvalue weighted by Crippen LogP contribution is -2.25. The van der Waals surface area contributed by atoms with E-state index in [1.807, 2.05) is 36.7 Å². The zero-order valence-corrected chi connectivity index (χ0v) is 11.0. The first kappa shape index (κ1) is 12.6. The Kier molecular flexibility index (Phi) is 4.30. The van der Waals surface area contributed by atoms with Gasteiger partial charge in [-0.15, -0.1) is 11.3 Å². The Balaban J connectivity index is 1.83. The van der Waals surface area contributed by atoms with E-state index in [1.165, 1.54) is 0 Å². The number of rotatable bonds is 5. The van der Waals surface area contributed by atoms with Crippen LogP contribution in [0.3, 0.4) is 0 Å². The first-order chi connectivity index (χ1) is 8.79. The quantitative estimate of drug-likeness (QED) is 0.867. The van der Waals surface area contributed by atoms with Gasteiger partial charge < -0.3 is 10.6 Å². The monoisotopic (exact) mass is 261 g/mol. The third kappa shape index (κ3) is 3.30. The van der Waals surface area contributed by atoms with E-state index in [2.05, 4.69) is 15.6 Å². The van der Waals surface area contributed by atoms with E-state index < -0.39 is 0 Å². The zero-order valence-electron chi connectivity index (χ0n) is 10.1. The van der Waals surface area contributed by atoms with Crippen LogP contribution in [-0.2, 0) is 6.42 Å². The molecule has 0 atom stereocenters. The Bertz CT molecular complexity index is 493. The number of hydrogen-bond donors (Lipinski definition) is 2. The van der Waals surface area contributed by atoms with Gasteiger partial charge in [0.1, 0.15) is 0 Å². The summed E-state index contributed by atoms with van der Waals surface area (Å²) < 4.78 is 0. The Hall–Kier alpha value is -1.88. The van der Waals surface area contributed by atoms with Gasteiger partial charge in [-0.3, -0.25) is 4.79 Å². The molecule has 2 rings (SSSR count). The van der Waals surface area contributed by atoms with Crippen molar-refractivity contribution in [3.05, 3.63) is 46.4 Å². The molecule has 0 fully saturated rings. The van der Waals surface area contributed by atoms with Crippen LogP contribution in [0.4, 0.5) is 5.69 Å². The summed E-state index contributed by atoms with van der Waals surface area (Å²) in [5.41, 5.74) is 4.49. The van der Waals surface area contributed by atoms with Crippen molar-refractivity contribution < 1.29 is 4.79 Å². The minimum absolute atomic E-state index is 0.0483. The van der Waals surface area contributed by atoms with Gasteiger partial charge in [0.25, 0.3) is 5.91 Å². The van der Waals surface area contributed by atoms with Crippen LogP contribution in [0, 0.1) is 0 Å². The molecular formula is C13H15N3OS. The van der Waals surface area contributed by atoms with Crippen LogP contribution >= 0.6 is 11.3 Å². The van der Waals surface area contributed by atoms with Crippen molar-refractivity contribution in [2.45, 2.75) is 6.42 Å². The summed E-state index contributed by atoms with van der Waals surface area (Å²) in [5, 5.41) is 7.89. The molecule has 4 nitrogen and oxygen atoms in total. The van der Waals surface area contributed by atoms with Crippen molar-refractivity contribution in [2.75, 3.05) is 18.9 Å². The summed E-state index contributed by atoms with van der Waals surface area (Å²) >= 11 is 1.57. The number of hydrogen-bond acceptors (Lipinski definition) is 4. The lowest BCUT2D eigenvalue weighted by Gasteiger charge is -2.05. The molecule has 0 radical (unpaired) electrons. The number of anilines is 1. The van der Waals surface area contributed by atoms with Gasteiger partial charge in [-0.1, -0.05) is 0 Å². The van der Waals surface area contributed by atoms with E-state index in [4.69, 9.17) is 0 Å². The minimum Gasteiger partial charge on any atom is -0.388 e. The van der Waals surface area contributed by atoms with Gasteiger partial charge in [0.05, 0.1) is 11.2 Å². The predicted octanol–water partition coefficient (Wildman–Crippen LogP) is 2.16. The number of carbonyl (C=O) groups is 1. The summed E-state index contributed by atoms with van der Waals surface area (Å²) in [4.78, 5) is 16.0. The van der Waals surface area contributed by atoms with Gasteiger partial charge >= 0.3 is 0 Å². The lowest BCUT2D eigenvalue weighted by atomic mass is 10.2. The molecule has 0 aliphatic heterocycles. The highest BCUT2D eigenvalue weighted by molar-refractivity contribution is 7.07. The predicted molar refractivity (Wildman–Crippen MR) is 74.1 cm³/mol. The van der Waals surface area contributed by atoms with E-state index in [0.717, 1.165) is 17.8 Å². The number of carbonyl (C=O) groups excluding carboxylic acids is 1. The number of nitrogens with one attached hydrogen (secondary N) is 2. The van der Waals surface area contributed by atoms with Gasteiger partial charge in [-0.05, 0) is 24.3 Å². The maximum atomic E-state index is 11.8. The van der Waals surface area contributed by atoms with Crippen molar-refractivity contribution in [3.63, 3.8) is 0 Å². The van der Waals surface area contributed by atoms with Crippen LogP contribution in [0.15, 0.2) is 35.2 Å². The SMILES string of the molecule is CNc1ccc(C(=O)NCCc2cscn2)cc1. The fraction of sp³-hybridized carbons (Fsp3) is 0.231. The summed E-state index contributed by atoms with van der Waals surface area (Å²) in [6, 6.07) is 7.39. The number of amides is 1. The number of benzene rings is 1. The summed E-state index contributed by atoms with van der Waals surface area (Å²) in [6.45, 7) is 0.607. The second-order valence-corrected chi connectivity index (χ2v) is 4.53. The third-order valence-electron chi connectivity index (χ3n) is 2.59. The Labute approximate surface area is 110 Å². The van der Waals surface area contributed by atoms with Crippen molar-refractivity contribution in [1.82, 2.24) is 10.3 Å². The van der Waals surface area contributed by atoms with E-state index in [0.29, 0.717) is 12.1 Å². The molecule has 1 aromatic carbocycles. The van der Waals surface area contributed by atoms with Gasteiger partial charge in [0, 0.05) is 36.6 Å². The average molecular weight is 261 g/mol. The minimum atomic E-state index is -0.0483. The number of nitrogens with zero attached hydrogens (tertiary/aromatic N) is 1. The highest BCUT2D eigenvalue weighted by Gasteiger charge is 2.04. The fourth-order valence-electron chi connectivity index (χ4n) is 1.56. The molecule has 2 N–H and O–H groups in total. The lowest BCUT2D eigenvalue weighted by molar-refractivity contribution is 0.0954. The van der Waals surface area contributed by atoms with Crippen LogP contribution in [0.1, 0.15) is 16.1 Å². The normalized spacial score (nSPS) is 10.1. The molecule has 5 heteroatoms. The second kappa shape index (κ2) is 6.16. The highest BCUT2D eigenvalue weighted by Crippen LogP contribution is 2.08. The molecule has 0 spiro atoms. The van der Waals surface area contributed by atoms with Crippen molar-refractivity contribution in [3.8, 4) is 0 Å². The Morgan fingerprint density at radius 3 is 2.72 bits per heavy atom. The Morgan fingerprint density at radius 2 is 2.11 bits per heavy atom. The average Bonchev–Trinajstić information content (AvgIpc) is 2.92. The first-order valence-corrected chi connectivity index (χ1v) is 6.67. The first-order valence-electron chi connectivity index (χ1n) is 5.72. The molecule has 1 aromatic heterocycles. The standard InChI is InChI=1S/C13H15N3OS/c1-14-11-4-2-10(3-5-11)13(17)15-7-6-12-8-18-9-16-12/h2-5,8-9,14H,6-7H2,1H3,(H,15,17). The third-order valence-corrected chi connectivity index (χ3v) is 3.22. The molecule has 0 saturated heterocycles. The van der Waals surface area contributed by atoms with Gasteiger partial charge in [-0.2, -0.15) is 0 Å². The molecule has 0 unspecified atom stereocenters. The van der Waals surface area contributed by atoms with Gasteiger partial charge in [0.2, 0.25) is 0 Å². The van der Waals surface area contributed by atoms with Gasteiger partial charge in [0.15, 0.2) is 0 Å². The maximum Gasteiger partial charge on any atom is 0.251 e. The molecule has 1 amide bonds. The van der Waals surface area contributed by atoms with E-state index in [9.17, 15) is 4.79 Å². The molecule has 0 aliphatic carbocycles. The molecule has 2 aromatic rings. The number of thiazole rings is 1. The van der Waals surface area contributed by atoms with Crippen LogP contribution in [0.5, 0.6) is 0 Å². The zero-order chi connectivity index (χ0) is 12.8. The smallest absolute Gasteiger partial charge is 0.251 e. The van der Waals surface area contributed by atoms with Crippen molar-refractivity contribution in [2.24, 2.45) is 0 Å². The van der Waals surface area contributed by atoms with Gasteiger partial charge in [-0.25, -0.2) is 4.98 Å². The van der Waals surface area contributed by atoms with Crippen LogP contribution < -0.4 is 10.6 Å². The van der Waals surface area contributed by atoms with Crippen LogP contribution in [-0.4, -0.2) is 24.5 Å². The maximum absolute atomic E-state index is 11.8. The molecule has 0 aliphatic rings. The molecule has 1 heterocycles. The van der Waals surface area contributed by atoms with Crippen molar-refractivity contribution >= 4 is 22.9 Å². The van der Waals surface area contributed by atoms with E-state index in [1.54, 1.807) is 16.8 Å². The van der Waals surface area contributed by atoms with Crippen molar-refractivity contribution in [1.29, 1.82) is 0 Å². The summed E-state index contributed by atoms with van der Waals surface area (Å²) in [5.74, 6) is -0.0483. The van der Waals surface area contributed by atoms with E-state index >= 15 is 0 Å². The molecule has 0 bridgehead atoms. The Morgan fingerprint density at radius 1 is 1.33 bits per heavy atom. The highest BCUT2D eigenvalue weighted by atomic mass is 32.1. The second-order valence-electron chi connectivity index (χ2n) is 3.81. The largest absolute Gasteiger partial charge is 0.388 e. The topological polar surface area (TPSA) is 54.0 Å². The molecule has 18 heavy (non-hydrogen) atoms. The molecular weight excluding hydrogens is 246 g/mol. The molecule has 0 saturated carbocycles. The molecule has 94 valence electrons. The summed E-state index contributed by atoms with van der Waals surface area (Å²) in [6.07, 6.45) is 0.768. The number of aromatic nitrogens is 1. The fourth-order valence-corrected chi connectivity index (χ4v) is 2.15. The van der Waals surface area contributed by atoms with Crippen LogP contribution in [0.25, 0.3) is 0 Å². The van der Waals surface area contributed by atoms with Crippen LogP contribution in [0.2, 0.25) is 0 Å². The summed E-state index contributed by atoms with van der Waals surface area (Å²) in [7, 11) is 1.85. The van der Waals surface area contributed by atoms with E-state index in [-0.39, 0.29) is 5.91 Å².